The van der Waals surface area contributed by atoms with E-state index >= 15 is 0 Å². The lowest BCUT2D eigenvalue weighted by atomic mass is 10.1. The van der Waals surface area contributed by atoms with E-state index in [9.17, 15) is 5.26 Å². The number of piperidine rings is 1. The van der Waals surface area contributed by atoms with Crippen LogP contribution < -0.4 is 4.90 Å². The molecular formula is C16H16ClN3O. The van der Waals surface area contributed by atoms with Crippen LogP contribution >= 0.6 is 11.6 Å². The van der Waals surface area contributed by atoms with Crippen LogP contribution in [0.15, 0.2) is 24.3 Å². The van der Waals surface area contributed by atoms with Crippen LogP contribution in [0.25, 0.3) is 10.9 Å². The van der Waals surface area contributed by atoms with Crippen LogP contribution in [0.1, 0.15) is 18.4 Å². The largest absolute Gasteiger partial charge is 0.380 e. The molecule has 0 saturated carbocycles. The van der Waals surface area contributed by atoms with E-state index in [2.05, 4.69) is 16.0 Å². The summed E-state index contributed by atoms with van der Waals surface area (Å²) < 4.78 is 5.45. The third kappa shape index (κ3) is 2.80. The fraction of sp³-hybridized carbons (Fsp3) is 0.375. The minimum absolute atomic E-state index is 0.229. The first-order chi connectivity index (χ1) is 10.2. The molecule has 0 unspecified atom stereocenters. The van der Waals surface area contributed by atoms with E-state index < -0.39 is 0 Å². The van der Waals surface area contributed by atoms with Crippen molar-refractivity contribution >= 4 is 28.3 Å². The first-order valence-electron chi connectivity index (χ1n) is 6.99. The van der Waals surface area contributed by atoms with Crippen LogP contribution in [0, 0.1) is 11.3 Å². The van der Waals surface area contributed by atoms with Gasteiger partial charge in [0.2, 0.25) is 0 Å². The van der Waals surface area contributed by atoms with Crippen molar-refractivity contribution in [1.82, 2.24) is 4.98 Å². The molecule has 0 aliphatic carbocycles. The third-order valence-electron chi connectivity index (χ3n) is 3.91. The molecule has 2 aromatic rings. The molecule has 0 N–H and O–H groups in total. The van der Waals surface area contributed by atoms with Crippen molar-refractivity contribution in [2.24, 2.45) is 0 Å². The maximum Gasteiger partial charge on any atom is 0.130 e. The summed E-state index contributed by atoms with van der Waals surface area (Å²) in [5.74, 6) is 0.836. The summed E-state index contributed by atoms with van der Waals surface area (Å²) in [5.41, 5.74) is 1.41. The Morgan fingerprint density at radius 3 is 3.05 bits per heavy atom. The molecule has 108 valence electrons. The number of fused-ring (bicyclic) bond motifs is 1. The smallest absolute Gasteiger partial charge is 0.130 e. The van der Waals surface area contributed by atoms with Crippen molar-refractivity contribution in [2.45, 2.75) is 18.9 Å². The van der Waals surface area contributed by atoms with Crippen LogP contribution in [0.2, 0.25) is 5.02 Å². The monoisotopic (exact) mass is 301 g/mol. The van der Waals surface area contributed by atoms with E-state index in [1.807, 2.05) is 12.1 Å². The maximum absolute atomic E-state index is 9.38. The van der Waals surface area contributed by atoms with E-state index in [0.717, 1.165) is 42.7 Å². The Bertz CT molecular complexity index is 710. The van der Waals surface area contributed by atoms with Gasteiger partial charge in [-0.05, 0) is 37.1 Å². The fourth-order valence-electron chi connectivity index (χ4n) is 2.78. The quantitative estimate of drug-likeness (QED) is 0.853. The molecule has 2 heterocycles. The van der Waals surface area contributed by atoms with Gasteiger partial charge in [0.05, 0.1) is 23.3 Å². The molecule has 1 saturated heterocycles. The number of rotatable bonds is 2. The normalized spacial score (nSPS) is 18.7. The zero-order chi connectivity index (χ0) is 14.8. The number of pyridine rings is 1. The molecule has 1 aromatic carbocycles. The Hall–Kier alpha value is -1.83. The van der Waals surface area contributed by atoms with Crippen LogP contribution in [-0.2, 0) is 4.74 Å². The molecule has 1 aliphatic heterocycles. The molecule has 1 aliphatic rings. The zero-order valence-corrected chi connectivity index (χ0v) is 12.6. The van der Waals surface area contributed by atoms with Gasteiger partial charge >= 0.3 is 0 Å². The van der Waals surface area contributed by atoms with Crippen molar-refractivity contribution < 1.29 is 4.74 Å². The number of methoxy groups -OCH3 is 1. The lowest BCUT2D eigenvalue weighted by Gasteiger charge is -2.33. The summed E-state index contributed by atoms with van der Waals surface area (Å²) >= 11 is 6.01. The van der Waals surface area contributed by atoms with Crippen molar-refractivity contribution in [1.29, 1.82) is 5.26 Å². The highest BCUT2D eigenvalue weighted by Crippen LogP contribution is 2.27. The standard InChI is InChI=1S/C16H16ClN3O/c1-21-13-3-2-6-20(10-13)16-7-11(9-18)14-8-12(17)4-5-15(14)19-16/h4-5,7-8,13H,2-3,6,10H2,1H3/t13-/m1/s1. The number of halogens is 1. The number of benzene rings is 1. The van der Waals surface area contributed by atoms with Gasteiger partial charge in [-0.15, -0.1) is 0 Å². The average molecular weight is 302 g/mol. The second kappa shape index (κ2) is 5.88. The molecule has 0 amide bonds. The highest BCUT2D eigenvalue weighted by Gasteiger charge is 2.21. The molecule has 5 heteroatoms. The van der Waals surface area contributed by atoms with Crippen LogP contribution in [-0.4, -0.2) is 31.3 Å². The van der Waals surface area contributed by atoms with Gasteiger partial charge in [-0.2, -0.15) is 5.26 Å². The lowest BCUT2D eigenvalue weighted by molar-refractivity contribution is 0.0891. The lowest BCUT2D eigenvalue weighted by Crippen LogP contribution is -2.39. The Morgan fingerprint density at radius 2 is 2.29 bits per heavy atom. The van der Waals surface area contributed by atoms with E-state index in [1.54, 1.807) is 19.2 Å². The molecule has 0 bridgehead atoms. The van der Waals surface area contributed by atoms with E-state index in [-0.39, 0.29) is 6.10 Å². The van der Waals surface area contributed by atoms with Crippen LogP contribution in [0.4, 0.5) is 5.82 Å². The fourth-order valence-corrected chi connectivity index (χ4v) is 2.95. The molecule has 1 aromatic heterocycles. The second-order valence-electron chi connectivity index (χ2n) is 5.25. The number of nitrogens with zero attached hydrogens (tertiary/aromatic N) is 3. The highest BCUT2D eigenvalue weighted by molar-refractivity contribution is 6.31. The van der Waals surface area contributed by atoms with Gasteiger partial charge in [-0.3, -0.25) is 0 Å². The Balaban J connectivity index is 2.03. The summed E-state index contributed by atoms with van der Waals surface area (Å²) in [4.78, 5) is 6.87. The predicted octanol–water partition coefficient (Wildman–Crippen LogP) is 3.38. The summed E-state index contributed by atoms with van der Waals surface area (Å²) in [6.45, 7) is 1.75. The van der Waals surface area contributed by atoms with Gasteiger partial charge < -0.3 is 9.64 Å². The summed E-state index contributed by atoms with van der Waals surface area (Å²) in [7, 11) is 1.74. The van der Waals surface area contributed by atoms with Crippen molar-refractivity contribution in [2.75, 3.05) is 25.1 Å². The average Bonchev–Trinajstić information content (AvgIpc) is 2.54. The predicted molar refractivity (Wildman–Crippen MR) is 83.7 cm³/mol. The zero-order valence-electron chi connectivity index (χ0n) is 11.8. The topological polar surface area (TPSA) is 49.1 Å². The molecule has 21 heavy (non-hydrogen) atoms. The van der Waals surface area contributed by atoms with Gasteiger partial charge in [0.15, 0.2) is 0 Å². The molecule has 1 fully saturated rings. The van der Waals surface area contributed by atoms with Gasteiger partial charge in [0, 0.05) is 30.6 Å². The SMILES string of the molecule is CO[C@@H]1CCCN(c2cc(C#N)c3cc(Cl)ccc3n2)C1. The molecule has 3 rings (SSSR count). The van der Waals surface area contributed by atoms with Gasteiger partial charge in [-0.25, -0.2) is 4.98 Å². The van der Waals surface area contributed by atoms with E-state index in [4.69, 9.17) is 16.3 Å². The number of aromatic nitrogens is 1. The number of hydrogen-bond donors (Lipinski definition) is 0. The minimum Gasteiger partial charge on any atom is -0.380 e. The molecule has 1 atom stereocenters. The third-order valence-corrected chi connectivity index (χ3v) is 4.15. The molecular weight excluding hydrogens is 286 g/mol. The van der Waals surface area contributed by atoms with Gasteiger partial charge in [-0.1, -0.05) is 11.6 Å². The van der Waals surface area contributed by atoms with Gasteiger partial charge in [0.1, 0.15) is 5.82 Å². The molecule has 0 radical (unpaired) electrons. The minimum atomic E-state index is 0.229. The van der Waals surface area contributed by atoms with Crippen molar-refractivity contribution in [3.8, 4) is 6.07 Å². The summed E-state index contributed by atoms with van der Waals surface area (Å²) in [6, 6.07) is 9.54. The van der Waals surface area contributed by atoms with E-state index in [1.165, 1.54) is 0 Å². The number of nitriles is 1. The second-order valence-corrected chi connectivity index (χ2v) is 5.68. The first kappa shape index (κ1) is 14.1. The number of anilines is 1. The van der Waals surface area contributed by atoms with Crippen molar-refractivity contribution in [3.63, 3.8) is 0 Å². The summed E-state index contributed by atoms with van der Waals surface area (Å²) in [5, 5.41) is 10.8. The van der Waals surface area contributed by atoms with E-state index in [0.29, 0.717) is 10.6 Å². The van der Waals surface area contributed by atoms with Crippen LogP contribution in [0.3, 0.4) is 0 Å². The van der Waals surface area contributed by atoms with Gasteiger partial charge in [0.25, 0.3) is 0 Å². The molecule has 0 spiro atoms. The van der Waals surface area contributed by atoms with Crippen molar-refractivity contribution in [3.05, 3.63) is 34.9 Å². The number of hydrogen-bond acceptors (Lipinski definition) is 4. The number of ether oxygens (including phenoxy) is 1. The Morgan fingerprint density at radius 1 is 1.43 bits per heavy atom. The first-order valence-corrected chi connectivity index (χ1v) is 7.37. The Kier molecular flexibility index (Phi) is 3.96. The Labute approximate surface area is 128 Å². The molecule has 4 nitrogen and oxygen atoms in total. The maximum atomic E-state index is 9.38. The summed E-state index contributed by atoms with van der Waals surface area (Å²) in [6.07, 6.45) is 2.37. The van der Waals surface area contributed by atoms with Crippen LogP contribution in [0.5, 0.6) is 0 Å². The highest BCUT2D eigenvalue weighted by atomic mass is 35.5.